The molecule has 0 spiro atoms. The number of hydrogen-bond donors (Lipinski definition) is 1. The van der Waals surface area contributed by atoms with Gasteiger partial charge in [0, 0.05) is 16.0 Å². The molecule has 3 aromatic carbocycles. The molecule has 0 aliphatic rings. The number of aryl methyl sites for hydroxylation is 1. The number of hydrazone groups is 1. The maximum Gasteiger partial charge on any atom is 0.255 e. The number of amides is 1. The van der Waals surface area contributed by atoms with Crippen molar-refractivity contribution in [3.8, 4) is 0 Å². The Hall–Kier alpha value is -2.52. The van der Waals surface area contributed by atoms with Crippen molar-refractivity contribution in [3.05, 3.63) is 99.0 Å². The van der Waals surface area contributed by atoms with E-state index in [9.17, 15) is 13.2 Å². The highest BCUT2D eigenvalue weighted by Gasteiger charge is 2.27. The number of carbonyl (C=O) groups excluding carboxylic acids is 1. The third-order valence-corrected chi connectivity index (χ3v) is 7.01. The number of rotatable bonds is 8. The van der Waals surface area contributed by atoms with Crippen LogP contribution in [-0.2, 0) is 21.4 Å². The lowest BCUT2D eigenvalue weighted by atomic mass is 10.2. The zero-order valence-corrected chi connectivity index (χ0v) is 20.4. The van der Waals surface area contributed by atoms with E-state index in [4.69, 9.17) is 11.6 Å². The van der Waals surface area contributed by atoms with Crippen molar-refractivity contribution in [2.75, 3.05) is 6.54 Å². The first-order valence-electron chi connectivity index (χ1n) is 9.63. The van der Waals surface area contributed by atoms with Gasteiger partial charge in [-0.3, -0.25) is 4.79 Å². The number of halogens is 2. The van der Waals surface area contributed by atoms with Gasteiger partial charge in [-0.05, 0) is 54.4 Å². The molecular formula is C23H21BrClN3O3S. The Morgan fingerprint density at radius 3 is 2.50 bits per heavy atom. The molecule has 166 valence electrons. The van der Waals surface area contributed by atoms with Gasteiger partial charge in [0.05, 0.1) is 17.7 Å². The molecule has 0 atom stereocenters. The number of nitrogens with one attached hydrogen (secondary N) is 1. The van der Waals surface area contributed by atoms with Crippen LogP contribution in [0, 0.1) is 6.92 Å². The summed E-state index contributed by atoms with van der Waals surface area (Å²) in [5, 5.41) is 4.42. The first kappa shape index (κ1) is 24.1. The summed E-state index contributed by atoms with van der Waals surface area (Å²) in [4.78, 5) is 12.6. The van der Waals surface area contributed by atoms with Crippen molar-refractivity contribution in [2.24, 2.45) is 5.10 Å². The molecule has 0 heterocycles. The predicted octanol–water partition coefficient (Wildman–Crippen LogP) is 4.75. The van der Waals surface area contributed by atoms with Crippen LogP contribution < -0.4 is 5.43 Å². The molecule has 32 heavy (non-hydrogen) atoms. The van der Waals surface area contributed by atoms with Gasteiger partial charge in [-0.2, -0.15) is 9.41 Å². The average Bonchev–Trinajstić information content (AvgIpc) is 2.74. The largest absolute Gasteiger partial charge is 0.272 e. The fourth-order valence-electron chi connectivity index (χ4n) is 2.89. The average molecular weight is 535 g/mol. The van der Waals surface area contributed by atoms with Gasteiger partial charge in [-0.25, -0.2) is 13.8 Å². The molecule has 6 nitrogen and oxygen atoms in total. The van der Waals surface area contributed by atoms with Crippen molar-refractivity contribution in [3.63, 3.8) is 0 Å². The SMILES string of the molecule is Cc1ccc(S(=O)(=O)N(CC(=O)N/N=C\c2cccc(Br)c2)Cc2cccc(Cl)c2)cc1. The van der Waals surface area contributed by atoms with Gasteiger partial charge in [0.2, 0.25) is 10.0 Å². The Morgan fingerprint density at radius 1 is 1.09 bits per heavy atom. The van der Waals surface area contributed by atoms with Crippen LogP contribution in [0.5, 0.6) is 0 Å². The first-order valence-corrected chi connectivity index (χ1v) is 12.2. The maximum absolute atomic E-state index is 13.3. The van der Waals surface area contributed by atoms with Crippen LogP contribution in [0.15, 0.2) is 87.3 Å². The highest BCUT2D eigenvalue weighted by molar-refractivity contribution is 9.10. The molecule has 3 rings (SSSR count). The zero-order chi connectivity index (χ0) is 23.1. The van der Waals surface area contributed by atoms with Crippen molar-refractivity contribution >= 4 is 49.7 Å². The molecule has 0 radical (unpaired) electrons. The summed E-state index contributed by atoms with van der Waals surface area (Å²) in [5.74, 6) is -0.561. The smallest absolute Gasteiger partial charge is 0.255 e. The van der Waals surface area contributed by atoms with E-state index in [0.717, 1.165) is 19.9 Å². The first-order chi connectivity index (χ1) is 15.2. The zero-order valence-electron chi connectivity index (χ0n) is 17.2. The highest BCUT2D eigenvalue weighted by Crippen LogP contribution is 2.20. The predicted molar refractivity (Wildman–Crippen MR) is 130 cm³/mol. The standard InChI is InChI=1S/C23H21BrClN3O3S/c1-17-8-10-22(11-9-17)32(30,31)28(15-19-5-3-7-21(25)13-19)16-23(29)27-26-14-18-4-2-6-20(24)12-18/h2-14H,15-16H2,1H3,(H,27,29)/b26-14-. The topological polar surface area (TPSA) is 78.8 Å². The van der Waals surface area contributed by atoms with Crippen molar-refractivity contribution in [1.29, 1.82) is 0 Å². The van der Waals surface area contributed by atoms with Crippen molar-refractivity contribution in [2.45, 2.75) is 18.4 Å². The summed E-state index contributed by atoms with van der Waals surface area (Å²) in [6.45, 7) is 1.45. The van der Waals surface area contributed by atoms with E-state index in [1.165, 1.54) is 18.3 Å². The second kappa shape index (κ2) is 10.9. The normalized spacial score (nSPS) is 11.8. The minimum atomic E-state index is -3.94. The lowest BCUT2D eigenvalue weighted by Gasteiger charge is -2.21. The van der Waals surface area contributed by atoms with Gasteiger partial charge in [0.25, 0.3) is 5.91 Å². The third-order valence-electron chi connectivity index (χ3n) is 4.48. The maximum atomic E-state index is 13.3. The van der Waals surface area contributed by atoms with Crippen LogP contribution >= 0.6 is 27.5 Å². The van der Waals surface area contributed by atoms with Crippen molar-refractivity contribution in [1.82, 2.24) is 9.73 Å². The Balaban J connectivity index is 1.80. The summed E-state index contributed by atoms with van der Waals surface area (Å²) in [7, 11) is -3.94. The Labute approximate surface area is 201 Å². The number of hydrogen-bond acceptors (Lipinski definition) is 4. The van der Waals surface area contributed by atoms with Crippen LogP contribution in [-0.4, -0.2) is 31.4 Å². The summed E-state index contributed by atoms with van der Waals surface area (Å²) < 4.78 is 28.5. The lowest BCUT2D eigenvalue weighted by Crippen LogP contribution is -2.39. The van der Waals surface area contributed by atoms with Crippen LogP contribution in [0.3, 0.4) is 0 Å². The summed E-state index contributed by atoms with van der Waals surface area (Å²) >= 11 is 9.42. The highest BCUT2D eigenvalue weighted by atomic mass is 79.9. The van der Waals surface area contributed by atoms with Gasteiger partial charge in [0.1, 0.15) is 0 Å². The molecule has 0 aliphatic heterocycles. The van der Waals surface area contributed by atoms with Gasteiger partial charge >= 0.3 is 0 Å². The molecule has 3 aromatic rings. The van der Waals surface area contributed by atoms with Gasteiger partial charge in [-0.1, -0.05) is 69.5 Å². The van der Waals surface area contributed by atoms with Crippen LogP contribution in [0.4, 0.5) is 0 Å². The van der Waals surface area contributed by atoms with E-state index in [-0.39, 0.29) is 11.4 Å². The molecule has 0 unspecified atom stereocenters. The van der Waals surface area contributed by atoms with Gasteiger partial charge < -0.3 is 0 Å². The minimum absolute atomic E-state index is 0.0143. The van der Waals surface area contributed by atoms with E-state index in [2.05, 4.69) is 26.5 Å². The van der Waals surface area contributed by atoms with E-state index in [1.54, 1.807) is 36.4 Å². The molecule has 0 aliphatic carbocycles. The lowest BCUT2D eigenvalue weighted by molar-refractivity contribution is -0.121. The minimum Gasteiger partial charge on any atom is -0.272 e. The quantitative estimate of drug-likeness (QED) is 0.335. The van der Waals surface area contributed by atoms with Gasteiger partial charge in [-0.15, -0.1) is 0 Å². The summed E-state index contributed by atoms with van der Waals surface area (Å²) in [6.07, 6.45) is 1.48. The second-order valence-electron chi connectivity index (χ2n) is 7.06. The fourth-order valence-corrected chi connectivity index (χ4v) is 4.90. The van der Waals surface area contributed by atoms with Crippen LogP contribution in [0.1, 0.15) is 16.7 Å². The van der Waals surface area contributed by atoms with Crippen LogP contribution in [0.25, 0.3) is 0 Å². The molecule has 0 fully saturated rings. The van der Waals surface area contributed by atoms with Crippen LogP contribution in [0.2, 0.25) is 5.02 Å². The Bertz CT molecular complexity index is 1230. The van der Waals surface area contributed by atoms with E-state index < -0.39 is 22.5 Å². The molecular weight excluding hydrogens is 514 g/mol. The number of nitrogens with zero attached hydrogens (tertiary/aromatic N) is 2. The fraction of sp³-hybridized carbons (Fsp3) is 0.130. The number of sulfonamides is 1. The molecule has 0 aromatic heterocycles. The molecule has 1 amide bonds. The molecule has 1 N–H and O–H groups in total. The molecule has 0 saturated carbocycles. The van der Waals surface area contributed by atoms with Crippen molar-refractivity contribution < 1.29 is 13.2 Å². The molecule has 0 saturated heterocycles. The third kappa shape index (κ3) is 6.74. The van der Waals surface area contributed by atoms with E-state index in [1.807, 2.05) is 31.2 Å². The summed E-state index contributed by atoms with van der Waals surface area (Å²) in [5.41, 5.74) is 4.77. The number of carbonyl (C=O) groups is 1. The molecule has 0 bridgehead atoms. The Kier molecular flexibility index (Phi) is 8.20. The summed E-state index contributed by atoms with van der Waals surface area (Å²) in [6, 6.07) is 20.7. The van der Waals surface area contributed by atoms with Gasteiger partial charge in [0.15, 0.2) is 0 Å². The van der Waals surface area contributed by atoms with E-state index >= 15 is 0 Å². The monoisotopic (exact) mass is 533 g/mol. The Morgan fingerprint density at radius 2 is 1.81 bits per heavy atom. The molecule has 9 heteroatoms. The van der Waals surface area contributed by atoms with E-state index in [0.29, 0.717) is 10.6 Å². The number of benzene rings is 3. The second-order valence-corrected chi connectivity index (χ2v) is 10.4.